The van der Waals surface area contributed by atoms with Gasteiger partial charge in [0.25, 0.3) is 0 Å². The molecule has 1 rings (SSSR count). The number of nitrogens with zero attached hydrogens (tertiary/aromatic N) is 1. The van der Waals surface area contributed by atoms with Gasteiger partial charge in [-0.15, -0.1) is 6.58 Å². The predicted molar refractivity (Wildman–Crippen MR) is 57.9 cm³/mol. The molecule has 1 saturated heterocycles. The molecule has 1 heterocycles. The van der Waals surface area contributed by atoms with E-state index in [1.165, 1.54) is 25.9 Å². The standard InChI is InChI=1S/C11H22N2/c1-4-5-10(2)13-8-6-11(12-3)7-9-13/h4,10-12H,1,5-9H2,2-3H3. The highest BCUT2D eigenvalue weighted by Crippen LogP contribution is 2.14. The summed E-state index contributed by atoms with van der Waals surface area (Å²) < 4.78 is 0. The van der Waals surface area contributed by atoms with Gasteiger partial charge < -0.3 is 10.2 Å². The summed E-state index contributed by atoms with van der Waals surface area (Å²) >= 11 is 0. The third kappa shape index (κ3) is 3.12. The van der Waals surface area contributed by atoms with Crippen molar-refractivity contribution in [1.29, 1.82) is 0 Å². The summed E-state index contributed by atoms with van der Waals surface area (Å²) in [5, 5.41) is 3.35. The lowest BCUT2D eigenvalue weighted by Gasteiger charge is -2.35. The van der Waals surface area contributed by atoms with Crippen LogP contribution in [0.1, 0.15) is 26.2 Å². The summed E-state index contributed by atoms with van der Waals surface area (Å²) in [5.41, 5.74) is 0. The lowest BCUT2D eigenvalue weighted by Crippen LogP contribution is -2.44. The SMILES string of the molecule is C=CCC(C)N1CCC(NC)CC1. The lowest BCUT2D eigenvalue weighted by molar-refractivity contribution is 0.155. The maximum Gasteiger partial charge on any atom is 0.0101 e. The lowest BCUT2D eigenvalue weighted by atomic mass is 10.0. The molecule has 0 saturated carbocycles. The fourth-order valence-corrected chi connectivity index (χ4v) is 2.02. The molecule has 1 N–H and O–H groups in total. The molecule has 1 aliphatic heterocycles. The molecule has 2 nitrogen and oxygen atoms in total. The Bertz CT molecular complexity index is 148. The quantitative estimate of drug-likeness (QED) is 0.665. The van der Waals surface area contributed by atoms with Crippen LogP contribution >= 0.6 is 0 Å². The largest absolute Gasteiger partial charge is 0.317 e. The molecule has 0 aliphatic carbocycles. The second-order valence-electron chi connectivity index (χ2n) is 3.97. The average molecular weight is 182 g/mol. The Labute approximate surface area is 82.0 Å². The van der Waals surface area contributed by atoms with Crippen molar-refractivity contribution < 1.29 is 0 Å². The van der Waals surface area contributed by atoms with Crippen LogP contribution in [0.25, 0.3) is 0 Å². The molecular formula is C11H22N2. The molecule has 0 amide bonds. The molecule has 1 atom stereocenters. The van der Waals surface area contributed by atoms with E-state index < -0.39 is 0 Å². The van der Waals surface area contributed by atoms with Crippen LogP contribution in [0.2, 0.25) is 0 Å². The van der Waals surface area contributed by atoms with Crippen molar-refractivity contribution in [3.63, 3.8) is 0 Å². The maximum absolute atomic E-state index is 3.79. The van der Waals surface area contributed by atoms with E-state index in [9.17, 15) is 0 Å². The fourth-order valence-electron chi connectivity index (χ4n) is 2.02. The highest BCUT2D eigenvalue weighted by atomic mass is 15.2. The summed E-state index contributed by atoms with van der Waals surface area (Å²) in [6, 6.07) is 1.42. The number of rotatable bonds is 4. The normalized spacial score (nSPS) is 22.9. The second kappa shape index (κ2) is 5.40. The zero-order valence-corrected chi connectivity index (χ0v) is 8.92. The van der Waals surface area contributed by atoms with E-state index >= 15 is 0 Å². The van der Waals surface area contributed by atoms with Crippen molar-refractivity contribution in [1.82, 2.24) is 10.2 Å². The maximum atomic E-state index is 3.79. The number of nitrogens with one attached hydrogen (secondary N) is 1. The first-order valence-electron chi connectivity index (χ1n) is 5.30. The molecule has 1 aliphatic rings. The van der Waals surface area contributed by atoms with Crippen molar-refractivity contribution in [2.24, 2.45) is 0 Å². The Balaban J connectivity index is 2.27. The van der Waals surface area contributed by atoms with Crippen molar-refractivity contribution in [3.05, 3.63) is 12.7 Å². The van der Waals surface area contributed by atoms with E-state index in [0.717, 1.165) is 12.5 Å². The third-order valence-corrected chi connectivity index (χ3v) is 3.07. The molecule has 0 aromatic rings. The minimum atomic E-state index is 0.676. The fraction of sp³-hybridized carbons (Fsp3) is 0.818. The van der Waals surface area contributed by atoms with Gasteiger partial charge in [0, 0.05) is 12.1 Å². The van der Waals surface area contributed by atoms with Crippen molar-refractivity contribution >= 4 is 0 Å². The molecule has 76 valence electrons. The highest BCUT2D eigenvalue weighted by Gasteiger charge is 2.20. The van der Waals surface area contributed by atoms with E-state index in [-0.39, 0.29) is 0 Å². The Morgan fingerprint density at radius 2 is 2.15 bits per heavy atom. The van der Waals surface area contributed by atoms with Crippen LogP contribution in [0.15, 0.2) is 12.7 Å². The number of piperidine rings is 1. The molecule has 0 aromatic carbocycles. The second-order valence-corrected chi connectivity index (χ2v) is 3.97. The van der Waals surface area contributed by atoms with Crippen molar-refractivity contribution in [2.45, 2.75) is 38.3 Å². The van der Waals surface area contributed by atoms with Crippen LogP contribution in [-0.2, 0) is 0 Å². The molecule has 0 radical (unpaired) electrons. The van der Waals surface area contributed by atoms with Crippen LogP contribution < -0.4 is 5.32 Å². The Morgan fingerprint density at radius 3 is 2.62 bits per heavy atom. The van der Waals surface area contributed by atoms with E-state index in [4.69, 9.17) is 0 Å². The van der Waals surface area contributed by atoms with Crippen LogP contribution in [0.4, 0.5) is 0 Å². The topological polar surface area (TPSA) is 15.3 Å². The summed E-state index contributed by atoms with van der Waals surface area (Å²) in [4.78, 5) is 2.56. The van der Waals surface area contributed by atoms with Crippen LogP contribution in [-0.4, -0.2) is 37.1 Å². The smallest absolute Gasteiger partial charge is 0.0101 e. The van der Waals surface area contributed by atoms with Gasteiger partial charge in [-0.1, -0.05) is 6.08 Å². The summed E-state index contributed by atoms with van der Waals surface area (Å²) in [7, 11) is 2.06. The van der Waals surface area contributed by atoms with Gasteiger partial charge in [0.15, 0.2) is 0 Å². The highest BCUT2D eigenvalue weighted by molar-refractivity contribution is 4.82. The monoisotopic (exact) mass is 182 g/mol. The zero-order chi connectivity index (χ0) is 9.68. The zero-order valence-electron chi connectivity index (χ0n) is 8.92. The molecule has 0 spiro atoms. The number of hydrogen-bond acceptors (Lipinski definition) is 2. The summed E-state index contributed by atoms with van der Waals surface area (Å²) in [5.74, 6) is 0. The Morgan fingerprint density at radius 1 is 1.54 bits per heavy atom. The Kier molecular flexibility index (Phi) is 4.46. The third-order valence-electron chi connectivity index (χ3n) is 3.07. The first-order valence-corrected chi connectivity index (χ1v) is 5.30. The van der Waals surface area contributed by atoms with E-state index in [2.05, 4.69) is 30.8 Å². The minimum Gasteiger partial charge on any atom is -0.317 e. The van der Waals surface area contributed by atoms with E-state index in [1.54, 1.807) is 0 Å². The predicted octanol–water partition coefficient (Wildman–Crippen LogP) is 1.63. The van der Waals surface area contributed by atoms with Gasteiger partial charge in [0.05, 0.1) is 0 Å². The molecule has 13 heavy (non-hydrogen) atoms. The number of hydrogen-bond donors (Lipinski definition) is 1. The van der Waals surface area contributed by atoms with E-state index in [0.29, 0.717) is 6.04 Å². The van der Waals surface area contributed by atoms with Crippen molar-refractivity contribution in [3.8, 4) is 0 Å². The van der Waals surface area contributed by atoms with Gasteiger partial charge in [0.1, 0.15) is 0 Å². The van der Waals surface area contributed by atoms with Gasteiger partial charge in [-0.3, -0.25) is 0 Å². The number of likely N-dealkylation sites (tertiary alicyclic amines) is 1. The van der Waals surface area contributed by atoms with Gasteiger partial charge in [-0.05, 0) is 46.3 Å². The van der Waals surface area contributed by atoms with E-state index in [1.807, 2.05) is 6.08 Å². The van der Waals surface area contributed by atoms with Crippen LogP contribution in [0, 0.1) is 0 Å². The Hall–Kier alpha value is -0.340. The molecule has 1 fully saturated rings. The van der Waals surface area contributed by atoms with Crippen molar-refractivity contribution in [2.75, 3.05) is 20.1 Å². The van der Waals surface area contributed by atoms with Gasteiger partial charge in [0.2, 0.25) is 0 Å². The average Bonchev–Trinajstić information content (AvgIpc) is 2.18. The van der Waals surface area contributed by atoms with Crippen LogP contribution in [0.5, 0.6) is 0 Å². The van der Waals surface area contributed by atoms with Crippen LogP contribution in [0.3, 0.4) is 0 Å². The molecule has 0 bridgehead atoms. The minimum absolute atomic E-state index is 0.676. The molecule has 0 aromatic heterocycles. The molecule has 2 heteroatoms. The first-order chi connectivity index (χ1) is 6.27. The van der Waals surface area contributed by atoms with Gasteiger partial charge in [-0.25, -0.2) is 0 Å². The molecular weight excluding hydrogens is 160 g/mol. The molecule has 1 unspecified atom stereocenters. The first kappa shape index (κ1) is 10.7. The summed E-state index contributed by atoms with van der Waals surface area (Å²) in [6.07, 6.45) is 5.72. The van der Waals surface area contributed by atoms with Gasteiger partial charge >= 0.3 is 0 Å². The summed E-state index contributed by atoms with van der Waals surface area (Å²) in [6.45, 7) is 8.55. The van der Waals surface area contributed by atoms with Gasteiger partial charge in [-0.2, -0.15) is 0 Å².